The highest BCUT2D eigenvalue weighted by atomic mass is 16.6. The minimum absolute atomic E-state index is 0.0553. The van der Waals surface area contributed by atoms with Crippen molar-refractivity contribution < 1.29 is 33.8 Å². The lowest BCUT2D eigenvalue weighted by molar-refractivity contribution is -0.141. The van der Waals surface area contributed by atoms with Gasteiger partial charge in [0.05, 0.1) is 18.5 Å². The number of likely N-dealkylation sites (tertiary alicyclic amines) is 1. The number of nitrogen functional groups attached to an aromatic ring is 1. The van der Waals surface area contributed by atoms with Gasteiger partial charge in [-0.1, -0.05) is 18.2 Å². The highest BCUT2D eigenvalue weighted by Crippen LogP contribution is 2.29. The Hall–Kier alpha value is -4.48. The van der Waals surface area contributed by atoms with Gasteiger partial charge in [0, 0.05) is 26.6 Å². The van der Waals surface area contributed by atoms with E-state index in [-0.39, 0.29) is 37.8 Å². The number of hydrogen-bond donors (Lipinski definition) is 5. The maximum absolute atomic E-state index is 13.9. The Morgan fingerprint density at radius 2 is 1.77 bits per heavy atom. The summed E-state index contributed by atoms with van der Waals surface area (Å²) in [6.07, 6.45) is -0.343. The number of amides is 3. The lowest BCUT2D eigenvalue weighted by atomic mass is 9.96. The Kier molecular flexibility index (Phi) is 11.2. The van der Waals surface area contributed by atoms with Gasteiger partial charge in [-0.15, -0.1) is 0 Å². The monoisotopic (exact) mass is 597 g/mol. The highest BCUT2D eigenvalue weighted by molar-refractivity contribution is 5.92. The van der Waals surface area contributed by atoms with Gasteiger partial charge in [-0.3, -0.25) is 14.4 Å². The van der Waals surface area contributed by atoms with Crippen molar-refractivity contribution in [1.29, 1.82) is 0 Å². The number of nitrogens with zero attached hydrogens (tertiary/aromatic N) is 1. The van der Waals surface area contributed by atoms with E-state index in [9.17, 15) is 24.3 Å². The van der Waals surface area contributed by atoms with E-state index in [1.54, 1.807) is 41.0 Å². The molecule has 0 bridgehead atoms. The first kappa shape index (κ1) is 33.0. The van der Waals surface area contributed by atoms with E-state index in [0.717, 1.165) is 22.6 Å². The number of ether oxygens (including phenoxy) is 2. The molecule has 0 unspecified atom stereocenters. The molecule has 1 heterocycles. The number of nitrogens with one attached hydrogen (secondary N) is 3. The van der Waals surface area contributed by atoms with E-state index in [2.05, 4.69) is 16.0 Å². The molecule has 12 nitrogen and oxygen atoms in total. The van der Waals surface area contributed by atoms with Crippen molar-refractivity contribution in [3.63, 3.8) is 0 Å². The topological polar surface area (TPSA) is 172 Å². The predicted molar refractivity (Wildman–Crippen MR) is 163 cm³/mol. The number of carboxylic acid groups (broad SMARTS) is 1. The molecule has 1 saturated heterocycles. The highest BCUT2D eigenvalue weighted by Gasteiger charge is 2.42. The van der Waals surface area contributed by atoms with Crippen molar-refractivity contribution in [2.45, 2.75) is 70.7 Å². The largest absolute Gasteiger partial charge is 0.497 e. The van der Waals surface area contributed by atoms with Gasteiger partial charge < -0.3 is 41.2 Å². The third-order valence-electron chi connectivity index (χ3n) is 7.14. The zero-order valence-corrected chi connectivity index (χ0v) is 25.4. The fourth-order valence-electron chi connectivity index (χ4n) is 5.09. The van der Waals surface area contributed by atoms with Crippen LogP contribution >= 0.6 is 0 Å². The fraction of sp³-hybridized carbons (Fsp3) is 0.484. The molecule has 0 spiro atoms. The number of methoxy groups -OCH3 is 1. The second-order valence-electron chi connectivity index (χ2n) is 11.7. The zero-order chi connectivity index (χ0) is 31.7. The second kappa shape index (κ2) is 14.6. The number of rotatable bonds is 12. The molecule has 2 aromatic carbocycles. The van der Waals surface area contributed by atoms with E-state index < -0.39 is 35.7 Å². The standard InChI is InChI=1S/C31H43N5O7/c1-31(2,3)43-30(41)35-25(12-13-27(37)38)29(40)36-18-21(14-19-6-9-22(42-5)10-7-19)16-26(36)28(39)34-17-20-8-11-24(33-4)23(32)15-20/h6-11,15,21,25-26,33H,12-14,16-18,32H2,1-5H3,(H,34,39)(H,35,41)(H,37,38)/t21-,25-,26+/m1/s1. The van der Waals surface area contributed by atoms with Crippen LogP contribution in [0.25, 0.3) is 0 Å². The molecule has 3 rings (SSSR count). The summed E-state index contributed by atoms with van der Waals surface area (Å²) in [5.74, 6) is -1.33. The molecule has 12 heteroatoms. The predicted octanol–water partition coefficient (Wildman–Crippen LogP) is 3.15. The molecule has 0 aliphatic carbocycles. The summed E-state index contributed by atoms with van der Waals surface area (Å²) in [6.45, 7) is 5.52. The molecule has 0 aromatic heterocycles. The number of aliphatic carboxylic acids is 1. The van der Waals surface area contributed by atoms with Gasteiger partial charge in [-0.25, -0.2) is 4.79 Å². The Morgan fingerprint density at radius 1 is 1.09 bits per heavy atom. The summed E-state index contributed by atoms with van der Waals surface area (Å²) in [5.41, 5.74) is 8.38. The number of hydrogen-bond acceptors (Lipinski definition) is 8. The number of carboxylic acids is 1. The fourth-order valence-corrected chi connectivity index (χ4v) is 5.09. The third kappa shape index (κ3) is 9.79. The maximum Gasteiger partial charge on any atom is 0.408 e. The van der Waals surface area contributed by atoms with Gasteiger partial charge in [-0.2, -0.15) is 0 Å². The SMILES string of the molecule is CNc1ccc(CNC(=O)[C@@H]2C[C@@H](Cc3ccc(OC)cc3)CN2C(=O)[C@@H](CCC(=O)O)NC(=O)OC(C)(C)C)cc1N. The Labute approximate surface area is 252 Å². The smallest absolute Gasteiger partial charge is 0.408 e. The number of anilines is 2. The van der Waals surface area contributed by atoms with E-state index in [0.29, 0.717) is 18.5 Å². The molecule has 0 saturated carbocycles. The summed E-state index contributed by atoms with van der Waals surface area (Å²) in [4.78, 5) is 52.8. The van der Waals surface area contributed by atoms with E-state index >= 15 is 0 Å². The summed E-state index contributed by atoms with van der Waals surface area (Å²) in [7, 11) is 3.36. The van der Waals surface area contributed by atoms with Crippen LogP contribution < -0.4 is 26.4 Å². The van der Waals surface area contributed by atoms with Gasteiger partial charge in [0.25, 0.3) is 0 Å². The van der Waals surface area contributed by atoms with E-state index in [4.69, 9.17) is 15.2 Å². The molecule has 43 heavy (non-hydrogen) atoms. The molecule has 2 aromatic rings. The first-order valence-electron chi connectivity index (χ1n) is 14.3. The summed E-state index contributed by atoms with van der Waals surface area (Å²) in [6, 6.07) is 11.0. The van der Waals surface area contributed by atoms with Gasteiger partial charge in [-0.05, 0) is 81.3 Å². The zero-order valence-electron chi connectivity index (χ0n) is 25.4. The van der Waals surface area contributed by atoms with Crippen LogP contribution in [0.2, 0.25) is 0 Å². The van der Waals surface area contributed by atoms with Gasteiger partial charge in [0.2, 0.25) is 11.8 Å². The third-order valence-corrected chi connectivity index (χ3v) is 7.14. The van der Waals surface area contributed by atoms with Crippen molar-refractivity contribution in [1.82, 2.24) is 15.5 Å². The molecule has 1 aliphatic rings. The number of benzene rings is 2. The molecular formula is C31H43N5O7. The number of nitrogens with two attached hydrogens (primary N) is 1. The van der Waals surface area contributed by atoms with Crippen LogP contribution in [-0.2, 0) is 32.1 Å². The molecule has 0 radical (unpaired) electrons. The molecule has 1 aliphatic heterocycles. The summed E-state index contributed by atoms with van der Waals surface area (Å²) in [5, 5.41) is 17.7. The lowest BCUT2D eigenvalue weighted by Gasteiger charge is -2.29. The Balaban J connectivity index is 1.82. The first-order valence-corrected chi connectivity index (χ1v) is 14.3. The van der Waals surface area contributed by atoms with Crippen molar-refractivity contribution >= 4 is 35.3 Å². The number of carbonyl (C=O) groups excluding carboxylic acids is 3. The molecule has 1 fully saturated rings. The van der Waals surface area contributed by atoms with Crippen molar-refractivity contribution in [2.24, 2.45) is 5.92 Å². The molecule has 6 N–H and O–H groups in total. The van der Waals surface area contributed by atoms with Crippen molar-refractivity contribution in [3.05, 3.63) is 53.6 Å². The summed E-state index contributed by atoms with van der Waals surface area (Å²) >= 11 is 0. The van der Waals surface area contributed by atoms with Crippen LogP contribution in [0.1, 0.15) is 51.2 Å². The van der Waals surface area contributed by atoms with Gasteiger partial charge in [0.1, 0.15) is 23.4 Å². The van der Waals surface area contributed by atoms with Crippen LogP contribution in [0.5, 0.6) is 5.75 Å². The minimum atomic E-state index is -1.19. The average Bonchev–Trinajstić information content (AvgIpc) is 3.36. The van der Waals surface area contributed by atoms with Gasteiger partial charge >= 0.3 is 12.1 Å². The van der Waals surface area contributed by atoms with E-state index in [1.165, 1.54) is 4.90 Å². The molecule has 3 atom stereocenters. The molecule has 234 valence electrons. The molecular weight excluding hydrogens is 554 g/mol. The first-order chi connectivity index (χ1) is 20.3. The van der Waals surface area contributed by atoms with Crippen LogP contribution in [0.4, 0.5) is 16.2 Å². The van der Waals surface area contributed by atoms with Crippen molar-refractivity contribution in [3.8, 4) is 5.75 Å². The number of carbonyl (C=O) groups is 4. The van der Waals surface area contributed by atoms with Crippen LogP contribution in [0.15, 0.2) is 42.5 Å². The van der Waals surface area contributed by atoms with Crippen molar-refractivity contribution in [2.75, 3.05) is 31.8 Å². The normalized spacial score (nSPS) is 17.1. The van der Waals surface area contributed by atoms with Gasteiger partial charge in [0.15, 0.2) is 0 Å². The summed E-state index contributed by atoms with van der Waals surface area (Å²) < 4.78 is 10.6. The Morgan fingerprint density at radius 3 is 2.35 bits per heavy atom. The number of alkyl carbamates (subject to hydrolysis) is 1. The Bertz CT molecular complexity index is 1290. The second-order valence-corrected chi connectivity index (χ2v) is 11.7. The van der Waals surface area contributed by atoms with Crippen LogP contribution in [0.3, 0.4) is 0 Å². The minimum Gasteiger partial charge on any atom is -0.497 e. The molecule has 3 amide bonds. The maximum atomic E-state index is 13.9. The lowest BCUT2D eigenvalue weighted by Crippen LogP contribution is -2.54. The van der Waals surface area contributed by atoms with Crippen LogP contribution in [0, 0.1) is 5.92 Å². The van der Waals surface area contributed by atoms with Crippen LogP contribution in [-0.4, -0.2) is 72.3 Å². The quantitative estimate of drug-likeness (QED) is 0.230. The average molecular weight is 598 g/mol. The van der Waals surface area contributed by atoms with E-state index in [1.807, 2.05) is 36.4 Å².